The first-order chi connectivity index (χ1) is 16.5. The molecule has 0 aliphatic heterocycles. The van der Waals surface area contributed by atoms with Crippen molar-refractivity contribution in [1.82, 2.24) is 10.2 Å². The highest BCUT2D eigenvalue weighted by Gasteiger charge is 2.31. The number of fused-ring (bicyclic) bond motifs is 1. The van der Waals surface area contributed by atoms with E-state index in [0.717, 1.165) is 52.5 Å². The number of methoxy groups -OCH3 is 1. The third kappa shape index (κ3) is 4.35. The van der Waals surface area contributed by atoms with Crippen molar-refractivity contribution < 1.29 is 19.0 Å². The number of H-pyrrole nitrogens is 1. The number of hydrogen-bond donors (Lipinski definition) is 2. The van der Waals surface area contributed by atoms with Gasteiger partial charge in [0.2, 0.25) is 5.95 Å². The van der Waals surface area contributed by atoms with Gasteiger partial charge in [-0.15, -0.1) is 0 Å². The quantitative estimate of drug-likeness (QED) is 0.258. The van der Waals surface area contributed by atoms with Crippen molar-refractivity contribution in [3.05, 3.63) is 101 Å². The molecule has 1 aliphatic rings. The number of hydrogen-bond acceptors (Lipinski definition) is 3. The Labute approximate surface area is 196 Å². The van der Waals surface area contributed by atoms with Crippen LogP contribution in [-0.2, 0) is 4.79 Å². The van der Waals surface area contributed by atoms with Crippen LogP contribution < -0.4 is 4.74 Å². The number of carboxylic acid groups (broad SMARTS) is 1. The molecular formula is C28H23FN2O3. The Morgan fingerprint density at radius 1 is 1.06 bits per heavy atom. The summed E-state index contributed by atoms with van der Waals surface area (Å²) in [5.74, 6) is -0.284. The van der Waals surface area contributed by atoms with E-state index in [0.29, 0.717) is 16.8 Å². The highest BCUT2D eigenvalue weighted by molar-refractivity contribution is 6.02. The topological polar surface area (TPSA) is 75.2 Å². The van der Waals surface area contributed by atoms with Crippen LogP contribution in [0.5, 0.6) is 5.75 Å². The molecule has 170 valence electrons. The van der Waals surface area contributed by atoms with Gasteiger partial charge in [-0.1, -0.05) is 42.5 Å². The Balaban J connectivity index is 1.73. The number of carbonyl (C=O) groups is 1. The van der Waals surface area contributed by atoms with Crippen LogP contribution >= 0.6 is 0 Å². The molecule has 0 spiro atoms. The zero-order valence-corrected chi connectivity index (χ0v) is 18.6. The molecule has 0 saturated heterocycles. The maximum Gasteiger partial charge on any atom is 0.328 e. The first kappa shape index (κ1) is 21.6. The minimum atomic E-state index is -0.992. The summed E-state index contributed by atoms with van der Waals surface area (Å²) in [6, 6.07) is 21.4. The number of aromatic amines is 1. The molecule has 6 heteroatoms. The van der Waals surface area contributed by atoms with Gasteiger partial charge in [0.15, 0.2) is 0 Å². The lowest BCUT2D eigenvalue weighted by atomic mass is 9.86. The second kappa shape index (κ2) is 8.98. The molecule has 4 aromatic rings. The third-order valence-electron chi connectivity index (χ3n) is 6.05. The SMILES string of the molecule is COc1cccc(/C(=C(\c2ccc(/C=C/C(=O)O)cc2)c2ccc3n[nH]c(F)c3c2)C2CC2)c1. The average molecular weight is 455 g/mol. The van der Waals surface area contributed by atoms with Crippen molar-refractivity contribution in [3.8, 4) is 5.75 Å². The fourth-order valence-corrected chi connectivity index (χ4v) is 4.29. The number of rotatable bonds is 7. The molecule has 0 amide bonds. The van der Waals surface area contributed by atoms with Gasteiger partial charge in [-0.05, 0) is 82.5 Å². The molecule has 1 saturated carbocycles. The fourth-order valence-electron chi connectivity index (χ4n) is 4.29. The largest absolute Gasteiger partial charge is 0.497 e. The summed E-state index contributed by atoms with van der Waals surface area (Å²) in [7, 11) is 1.65. The number of ether oxygens (including phenoxy) is 1. The van der Waals surface area contributed by atoms with Crippen molar-refractivity contribution in [1.29, 1.82) is 0 Å². The van der Waals surface area contributed by atoms with E-state index in [1.165, 1.54) is 5.57 Å². The van der Waals surface area contributed by atoms with Gasteiger partial charge in [-0.3, -0.25) is 5.10 Å². The van der Waals surface area contributed by atoms with E-state index in [9.17, 15) is 9.18 Å². The second-order valence-electron chi connectivity index (χ2n) is 8.36. The molecule has 1 aromatic heterocycles. The maximum atomic E-state index is 14.4. The zero-order chi connectivity index (χ0) is 23.7. The summed E-state index contributed by atoms with van der Waals surface area (Å²) < 4.78 is 19.9. The molecular weight excluding hydrogens is 431 g/mol. The average Bonchev–Trinajstić information content (AvgIpc) is 3.63. The molecule has 2 N–H and O–H groups in total. The van der Waals surface area contributed by atoms with Crippen LogP contribution in [0.2, 0.25) is 0 Å². The van der Waals surface area contributed by atoms with E-state index in [4.69, 9.17) is 9.84 Å². The van der Waals surface area contributed by atoms with Gasteiger partial charge in [-0.25, -0.2) is 4.79 Å². The Morgan fingerprint density at radius 3 is 2.53 bits per heavy atom. The van der Waals surface area contributed by atoms with Gasteiger partial charge in [-0.2, -0.15) is 9.49 Å². The Hall–Kier alpha value is -4.19. The summed E-state index contributed by atoms with van der Waals surface area (Å²) in [6.07, 6.45) is 4.84. The van der Waals surface area contributed by atoms with Gasteiger partial charge in [0.1, 0.15) is 5.75 Å². The molecule has 0 radical (unpaired) electrons. The van der Waals surface area contributed by atoms with E-state index in [1.807, 2.05) is 60.7 Å². The van der Waals surface area contributed by atoms with Crippen LogP contribution in [0.1, 0.15) is 35.1 Å². The minimum absolute atomic E-state index is 0.388. The maximum absolute atomic E-state index is 14.4. The van der Waals surface area contributed by atoms with Gasteiger partial charge in [0.25, 0.3) is 0 Å². The number of allylic oxidation sites excluding steroid dienone is 1. The third-order valence-corrected chi connectivity index (χ3v) is 6.05. The van der Waals surface area contributed by atoms with Crippen molar-refractivity contribution in [3.63, 3.8) is 0 Å². The van der Waals surface area contributed by atoms with Crippen LogP contribution in [0, 0.1) is 11.9 Å². The van der Waals surface area contributed by atoms with Gasteiger partial charge in [0, 0.05) is 6.08 Å². The lowest BCUT2D eigenvalue weighted by Crippen LogP contribution is -1.98. The predicted octanol–water partition coefficient (Wildman–Crippen LogP) is 6.18. The Morgan fingerprint density at radius 2 is 1.82 bits per heavy atom. The Kier molecular flexibility index (Phi) is 5.72. The van der Waals surface area contributed by atoms with E-state index >= 15 is 0 Å². The van der Waals surface area contributed by atoms with Crippen molar-refractivity contribution in [2.45, 2.75) is 12.8 Å². The van der Waals surface area contributed by atoms with Gasteiger partial charge < -0.3 is 9.84 Å². The molecule has 1 aliphatic carbocycles. The molecule has 34 heavy (non-hydrogen) atoms. The second-order valence-corrected chi connectivity index (χ2v) is 8.36. The molecule has 1 fully saturated rings. The summed E-state index contributed by atoms with van der Waals surface area (Å²) in [5, 5.41) is 15.8. The van der Waals surface area contributed by atoms with Crippen molar-refractivity contribution in [2.24, 2.45) is 5.92 Å². The first-order valence-electron chi connectivity index (χ1n) is 11.1. The molecule has 5 nitrogen and oxygen atoms in total. The van der Waals surface area contributed by atoms with Crippen molar-refractivity contribution >= 4 is 34.1 Å². The van der Waals surface area contributed by atoms with E-state index < -0.39 is 11.9 Å². The van der Waals surface area contributed by atoms with E-state index in [1.54, 1.807) is 13.2 Å². The fraction of sp³-hybridized carbons (Fsp3) is 0.143. The number of carboxylic acids is 1. The first-order valence-corrected chi connectivity index (χ1v) is 11.1. The molecule has 0 unspecified atom stereocenters. The number of aromatic nitrogens is 2. The minimum Gasteiger partial charge on any atom is -0.497 e. The molecule has 0 atom stereocenters. The van der Waals surface area contributed by atoms with Crippen LogP contribution in [0.25, 0.3) is 28.1 Å². The van der Waals surface area contributed by atoms with E-state index in [-0.39, 0.29) is 0 Å². The van der Waals surface area contributed by atoms with Gasteiger partial charge in [0.05, 0.1) is 18.0 Å². The van der Waals surface area contributed by atoms with Crippen molar-refractivity contribution in [2.75, 3.05) is 7.11 Å². The number of aliphatic carboxylic acids is 1. The highest BCUT2D eigenvalue weighted by Crippen LogP contribution is 2.48. The Bertz CT molecular complexity index is 1430. The molecule has 5 rings (SSSR count). The molecule has 3 aromatic carbocycles. The standard InChI is InChI=1S/C28H23FN2O3/c1-34-22-4-2-3-20(15-22)26(19-10-11-19)27(18-8-5-17(6-9-18)7-14-25(32)33)21-12-13-24-23(16-21)28(29)31-30-24/h2-9,12-16,19H,10-11H2,1H3,(H,30,31)(H,32,33)/b14-7+,27-26+. The molecule has 0 bridgehead atoms. The predicted molar refractivity (Wildman–Crippen MR) is 131 cm³/mol. The number of benzene rings is 3. The monoisotopic (exact) mass is 454 g/mol. The number of halogens is 1. The number of nitrogens with zero attached hydrogens (tertiary/aromatic N) is 1. The van der Waals surface area contributed by atoms with Crippen LogP contribution in [-0.4, -0.2) is 28.4 Å². The molecule has 1 heterocycles. The van der Waals surface area contributed by atoms with Gasteiger partial charge >= 0.3 is 5.97 Å². The smallest absolute Gasteiger partial charge is 0.328 e. The lowest BCUT2D eigenvalue weighted by Gasteiger charge is -2.18. The summed E-state index contributed by atoms with van der Waals surface area (Å²) in [4.78, 5) is 10.9. The number of nitrogens with one attached hydrogen (secondary N) is 1. The van der Waals surface area contributed by atoms with Crippen LogP contribution in [0.3, 0.4) is 0 Å². The van der Waals surface area contributed by atoms with Crippen LogP contribution in [0.4, 0.5) is 4.39 Å². The summed E-state index contributed by atoms with van der Waals surface area (Å²) in [5.41, 5.74) is 6.51. The lowest BCUT2D eigenvalue weighted by molar-refractivity contribution is -0.131. The summed E-state index contributed by atoms with van der Waals surface area (Å²) >= 11 is 0. The normalized spacial score (nSPS) is 14.4. The van der Waals surface area contributed by atoms with E-state index in [2.05, 4.69) is 16.3 Å². The summed E-state index contributed by atoms with van der Waals surface area (Å²) in [6.45, 7) is 0. The van der Waals surface area contributed by atoms with Crippen LogP contribution in [0.15, 0.2) is 72.8 Å². The highest BCUT2D eigenvalue weighted by atomic mass is 19.1. The zero-order valence-electron chi connectivity index (χ0n) is 18.6.